The smallest absolute Gasteiger partial charge is 0.129 e. The molecule has 1 unspecified atom stereocenters. The second-order valence-corrected chi connectivity index (χ2v) is 7.12. The van der Waals surface area contributed by atoms with Crippen molar-refractivity contribution in [1.82, 2.24) is 0 Å². The fourth-order valence-corrected chi connectivity index (χ4v) is 3.21. The lowest BCUT2D eigenvalue weighted by molar-refractivity contribution is 0.338. The normalized spacial score (nSPS) is 12.7. The van der Waals surface area contributed by atoms with Gasteiger partial charge in [0.1, 0.15) is 12.0 Å². The van der Waals surface area contributed by atoms with Crippen LogP contribution >= 0.6 is 0 Å². The van der Waals surface area contributed by atoms with Gasteiger partial charge in [-0.25, -0.2) is 8.78 Å². The molecule has 0 heterocycles. The third-order valence-corrected chi connectivity index (χ3v) is 4.92. The van der Waals surface area contributed by atoms with E-state index in [1.165, 1.54) is 11.6 Å². The molecule has 2 heteroatoms. The molecule has 0 amide bonds. The van der Waals surface area contributed by atoms with E-state index in [0.717, 1.165) is 24.0 Å². The number of hydrogen-bond acceptors (Lipinski definition) is 0. The van der Waals surface area contributed by atoms with Crippen molar-refractivity contribution in [3.63, 3.8) is 0 Å². The molecule has 0 fully saturated rings. The van der Waals surface area contributed by atoms with Crippen molar-refractivity contribution in [3.05, 3.63) is 119 Å². The third-order valence-electron chi connectivity index (χ3n) is 4.92. The van der Waals surface area contributed by atoms with E-state index >= 15 is 0 Å². The molecule has 3 aromatic rings. The van der Waals surface area contributed by atoms with Gasteiger partial charge in [0, 0.05) is 6.42 Å². The summed E-state index contributed by atoms with van der Waals surface area (Å²) in [5.41, 5.74) is 4.10. The molecule has 148 valence electrons. The van der Waals surface area contributed by atoms with Gasteiger partial charge in [0.15, 0.2) is 0 Å². The van der Waals surface area contributed by atoms with Crippen LogP contribution in [0.25, 0.3) is 12.2 Å². The van der Waals surface area contributed by atoms with Gasteiger partial charge in [-0.1, -0.05) is 91.0 Å². The van der Waals surface area contributed by atoms with Crippen LogP contribution in [0.5, 0.6) is 0 Å². The van der Waals surface area contributed by atoms with Crippen molar-refractivity contribution in [2.45, 2.75) is 32.4 Å². The first-order valence-corrected chi connectivity index (χ1v) is 10.0. The lowest BCUT2D eigenvalue weighted by Crippen LogP contribution is -1.99. The van der Waals surface area contributed by atoms with Crippen LogP contribution in [0.15, 0.2) is 84.9 Å². The Bertz CT molecular complexity index is 954. The second kappa shape index (κ2) is 10.5. The Morgan fingerprint density at radius 2 is 1.55 bits per heavy atom. The van der Waals surface area contributed by atoms with Gasteiger partial charge in [-0.3, -0.25) is 0 Å². The molecule has 0 nitrogen and oxygen atoms in total. The number of alkyl halides is 1. The summed E-state index contributed by atoms with van der Waals surface area (Å²) >= 11 is 0. The highest BCUT2D eigenvalue weighted by Gasteiger charge is 2.13. The molecule has 29 heavy (non-hydrogen) atoms. The van der Waals surface area contributed by atoms with Crippen LogP contribution in [0.2, 0.25) is 0 Å². The summed E-state index contributed by atoms with van der Waals surface area (Å²) in [5, 5.41) is 0. The van der Waals surface area contributed by atoms with Crippen LogP contribution in [0.1, 0.15) is 47.3 Å². The summed E-state index contributed by atoms with van der Waals surface area (Å²) in [5.74, 6) is -0.370. The van der Waals surface area contributed by atoms with Gasteiger partial charge in [-0.05, 0) is 53.6 Å². The van der Waals surface area contributed by atoms with Crippen molar-refractivity contribution in [2.24, 2.45) is 0 Å². The second-order valence-electron chi connectivity index (χ2n) is 7.12. The zero-order valence-corrected chi connectivity index (χ0v) is 16.7. The quantitative estimate of drug-likeness (QED) is 0.273. The standard InChI is InChI=1S/C27H26F2/c1-2-3-5-8-21-11-13-22(14-12-21)15-16-23-17-18-25(26(28)19-23)20-27(29)24-9-6-4-7-10-24/h2-4,6-7,9-19,27H,5,8,20H2,1H3/b3-2+,16-15+. The van der Waals surface area contributed by atoms with Crippen LogP contribution in [-0.2, 0) is 12.8 Å². The van der Waals surface area contributed by atoms with Gasteiger partial charge in [0.05, 0.1) is 0 Å². The Hall–Kier alpha value is -3.00. The molecule has 0 saturated carbocycles. The predicted octanol–water partition coefficient (Wildman–Crippen LogP) is 7.76. The van der Waals surface area contributed by atoms with Crippen molar-refractivity contribution >= 4 is 12.2 Å². The van der Waals surface area contributed by atoms with E-state index in [-0.39, 0.29) is 12.2 Å². The summed E-state index contributed by atoms with van der Waals surface area (Å²) in [6.45, 7) is 2.03. The van der Waals surface area contributed by atoms with Gasteiger partial charge in [0.2, 0.25) is 0 Å². The Kier molecular flexibility index (Phi) is 7.52. The molecule has 0 aromatic heterocycles. The number of benzene rings is 3. The maximum atomic E-state index is 14.4. The average molecular weight is 389 g/mol. The topological polar surface area (TPSA) is 0 Å². The molecule has 0 saturated heterocycles. The van der Waals surface area contributed by atoms with Crippen LogP contribution < -0.4 is 0 Å². The third kappa shape index (κ3) is 6.25. The molecule has 3 rings (SSSR count). The monoisotopic (exact) mass is 388 g/mol. The Labute approximate surface area is 172 Å². The summed E-state index contributed by atoms with van der Waals surface area (Å²) in [7, 11) is 0. The first-order valence-electron chi connectivity index (χ1n) is 10.0. The number of allylic oxidation sites excluding steroid dienone is 2. The zero-order chi connectivity index (χ0) is 20.5. The van der Waals surface area contributed by atoms with Crippen molar-refractivity contribution in [3.8, 4) is 0 Å². The predicted molar refractivity (Wildman–Crippen MR) is 119 cm³/mol. The molecular formula is C27H26F2. The Morgan fingerprint density at radius 3 is 2.24 bits per heavy atom. The lowest BCUT2D eigenvalue weighted by Gasteiger charge is -2.10. The summed E-state index contributed by atoms with van der Waals surface area (Å²) in [6, 6.07) is 22.2. The maximum absolute atomic E-state index is 14.4. The highest BCUT2D eigenvalue weighted by atomic mass is 19.1. The molecule has 0 spiro atoms. The summed E-state index contributed by atoms with van der Waals surface area (Å²) < 4.78 is 28.9. The molecule has 1 atom stereocenters. The van der Waals surface area contributed by atoms with E-state index in [0.29, 0.717) is 11.1 Å². The highest BCUT2D eigenvalue weighted by molar-refractivity contribution is 5.69. The Balaban J connectivity index is 1.62. The summed E-state index contributed by atoms with van der Waals surface area (Å²) in [6.07, 6.45) is 8.97. The fourth-order valence-electron chi connectivity index (χ4n) is 3.21. The molecule has 0 aliphatic rings. The lowest BCUT2D eigenvalue weighted by atomic mass is 10.0. The van der Waals surface area contributed by atoms with Crippen molar-refractivity contribution in [1.29, 1.82) is 0 Å². The van der Waals surface area contributed by atoms with Crippen LogP contribution in [0.4, 0.5) is 8.78 Å². The highest BCUT2D eigenvalue weighted by Crippen LogP contribution is 2.24. The van der Waals surface area contributed by atoms with Gasteiger partial charge in [0.25, 0.3) is 0 Å². The van der Waals surface area contributed by atoms with E-state index in [4.69, 9.17) is 0 Å². The van der Waals surface area contributed by atoms with Gasteiger partial charge >= 0.3 is 0 Å². The molecule has 3 aromatic carbocycles. The minimum atomic E-state index is -1.21. The molecule has 0 aliphatic heterocycles. The van der Waals surface area contributed by atoms with Crippen molar-refractivity contribution in [2.75, 3.05) is 0 Å². The van der Waals surface area contributed by atoms with Crippen molar-refractivity contribution < 1.29 is 8.78 Å². The van der Waals surface area contributed by atoms with Crippen LogP contribution in [-0.4, -0.2) is 0 Å². The number of halogens is 2. The minimum absolute atomic E-state index is 0.0362. The molecular weight excluding hydrogens is 362 g/mol. The van der Waals surface area contributed by atoms with Gasteiger partial charge < -0.3 is 0 Å². The number of hydrogen-bond donors (Lipinski definition) is 0. The van der Waals surface area contributed by atoms with Gasteiger partial charge in [-0.15, -0.1) is 0 Å². The first-order chi connectivity index (χ1) is 14.2. The van der Waals surface area contributed by atoms with Crippen LogP contribution in [0, 0.1) is 5.82 Å². The van der Waals surface area contributed by atoms with E-state index in [1.807, 2.05) is 31.2 Å². The molecule has 0 radical (unpaired) electrons. The number of rotatable bonds is 8. The SMILES string of the molecule is C/C=C/CCc1ccc(/C=C/c2ccc(CC(F)c3ccccc3)c(F)c2)cc1. The largest absolute Gasteiger partial charge is 0.242 e. The maximum Gasteiger partial charge on any atom is 0.129 e. The molecule has 0 aliphatic carbocycles. The van der Waals surface area contributed by atoms with Gasteiger partial charge in [-0.2, -0.15) is 0 Å². The molecule has 0 bridgehead atoms. The minimum Gasteiger partial charge on any atom is -0.242 e. The first kappa shape index (κ1) is 20.7. The Morgan fingerprint density at radius 1 is 0.862 bits per heavy atom. The summed E-state index contributed by atoms with van der Waals surface area (Å²) in [4.78, 5) is 0. The molecule has 0 N–H and O–H groups in total. The van der Waals surface area contributed by atoms with E-state index < -0.39 is 6.17 Å². The fraction of sp³-hybridized carbons (Fsp3) is 0.185. The van der Waals surface area contributed by atoms with E-state index in [2.05, 4.69) is 36.4 Å². The zero-order valence-electron chi connectivity index (χ0n) is 16.7. The van der Waals surface area contributed by atoms with E-state index in [9.17, 15) is 8.78 Å². The average Bonchev–Trinajstić information content (AvgIpc) is 2.75. The van der Waals surface area contributed by atoms with E-state index in [1.54, 1.807) is 30.3 Å². The van der Waals surface area contributed by atoms with Crippen LogP contribution in [0.3, 0.4) is 0 Å². The number of aryl methyl sites for hydroxylation is 1.